The summed E-state index contributed by atoms with van der Waals surface area (Å²) in [6.45, 7) is 4.75. The molecule has 0 aliphatic carbocycles. The van der Waals surface area contributed by atoms with Crippen LogP contribution in [0.5, 0.6) is 0 Å². The average Bonchev–Trinajstić information content (AvgIpc) is 3.07. The fourth-order valence-corrected chi connectivity index (χ4v) is 2.14. The van der Waals surface area contributed by atoms with Gasteiger partial charge < -0.3 is 15.2 Å². The molecule has 1 unspecified atom stereocenters. The van der Waals surface area contributed by atoms with Gasteiger partial charge in [0.15, 0.2) is 11.5 Å². The molecular formula is C12H17N9. The van der Waals surface area contributed by atoms with E-state index in [-0.39, 0.29) is 6.04 Å². The van der Waals surface area contributed by atoms with E-state index < -0.39 is 0 Å². The van der Waals surface area contributed by atoms with E-state index in [1.807, 2.05) is 25.5 Å². The van der Waals surface area contributed by atoms with Gasteiger partial charge in [-0.3, -0.25) is 5.10 Å². The normalized spacial score (nSPS) is 12.5. The summed E-state index contributed by atoms with van der Waals surface area (Å²) in [7, 11) is 1.91. The summed E-state index contributed by atoms with van der Waals surface area (Å²) in [5, 5.41) is 22.2. The summed E-state index contributed by atoms with van der Waals surface area (Å²) in [6.07, 6.45) is 3.38. The van der Waals surface area contributed by atoms with Crippen molar-refractivity contribution in [3.05, 3.63) is 18.3 Å². The van der Waals surface area contributed by atoms with Crippen molar-refractivity contribution >= 4 is 22.8 Å². The van der Waals surface area contributed by atoms with Crippen LogP contribution >= 0.6 is 0 Å². The smallest absolute Gasteiger partial charge is 0.226 e. The van der Waals surface area contributed by atoms with Gasteiger partial charge >= 0.3 is 0 Å². The molecule has 3 rings (SSSR count). The lowest BCUT2D eigenvalue weighted by atomic mass is 10.3. The first-order valence-corrected chi connectivity index (χ1v) is 6.74. The molecule has 0 bridgehead atoms. The van der Waals surface area contributed by atoms with Gasteiger partial charge in [0.25, 0.3) is 0 Å². The molecule has 0 aliphatic heterocycles. The second kappa shape index (κ2) is 5.35. The standard InChI is InChI=1S/C12H17N9/c1-4-13-12-17-9(8-5-14-19-10(8)18-12)16-7(2)11-20-15-6-21(11)3/h5-7H,4H2,1-3H3,(H3,13,14,16,17,18,19). The molecular weight excluding hydrogens is 270 g/mol. The van der Waals surface area contributed by atoms with Crippen LogP contribution in [0.25, 0.3) is 11.0 Å². The number of rotatable bonds is 5. The Hall–Kier alpha value is -2.71. The minimum atomic E-state index is -0.0417. The molecule has 110 valence electrons. The number of H-pyrrole nitrogens is 1. The van der Waals surface area contributed by atoms with E-state index >= 15 is 0 Å². The Morgan fingerprint density at radius 2 is 2.24 bits per heavy atom. The largest absolute Gasteiger partial charge is 0.360 e. The van der Waals surface area contributed by atoms with Crippen molar-refractivity contribution in [2.24, 2.45) is 7.05 Å². The van der Waals surface area contributed by atoms with Crippen LogP contribution in [0.4, 0.5) is 11.8 Å². The zero-order valence-electron chi connectivity index (χ0n) is 12.1. The third kappa shape index (κ3) is 2.49. The van der Waals surface area contributed by atoms with Crippen molar-refractivity contribution in [2.75, 3.05) is 17.2 Å². The van der Waals surface area contributed by atoms with E-state index in [1.54, 1.807) is 12.5 Å². The Labute approximate surface area is 121 Å². The van der Waals surface area contributed by atoms with E-state index in [1.165, 1.54) is 0 Å². The zero-order chi connectivity index (χ0) is 14.8. The lowest BCUT2D eigenvalue weighted by Gasteiger charge is -2.14. The van der Waals surface area contributed by atoms with E-state index in [0.717, 1.165) is 17.8 Å². The van der Waals surface area contributed by atoms with Crippen LogP contribution in [0.1, 0.15) is 25.7 Å². The van der Waals surface area contributed by atoms with Crippen molar-refractivity contribution in [2.45, 2.75) is 19.9 Å². The third-order valence-electron chi connectivity index (χ3n) is 3.13. The zero-order valence-corrected chi connectivity index (χ0v) is 12.1. The average molecular weight is 287 g/mol. The number of hydrogen-bond donors (Lipinski definition) is 3. The van der Waals surface area contributed by atoms with Crippen LogP contribution in [0, 0.1) is 0 Å². The van der Waals surface area contributed by atoms with Gasteiger partial charge in [0.2, 0.25) is 5.95 Å². The molecule has 3 aromatic heterocycles. The number of hydrogen-bond acceptors (Lipinski definition) is 7. The Kier molecular flexibility index (Phi) is 3.38. The molecule has 0 saturated heterocycles. The molecule has 9 heteroatoms. The van der Waals surface area contributed by atoms with E-state index in [2.05, 4.69) is 41.0 Å². The predicted octanol–water partition coefficient (Wildman–Crippen LogP) is 1.09. The van der Waals surface area contributed by atoms with Gasteiger partial charge in [0.1, 0.15) is 12.1 Å². The molecule has 1 atom stereocenters. The van der Waals surface area contributed by atoms with Crippen LogP contribution in [-0.2, 0) is 7.05 Å². The van der Waals surface area contributed by atoms with Crippen LogP contribution in [-0.4, -0.2) is 41.5 Å². The Bertz CT molecular complexity index is 744. The Morgan fingerprint density at radius 1 is 1.38 bits per heavy atom. The molecule has 0 aromatic carbocycles. The van der Waals surface area contributed by atoms with Gasteiger partial charge in [0.05, 0.1) is 17.6 Å². The molecule has 0 spiro atoms. The lowest BCUT2D eigenvalue weighted by Crippen LogP contribution is -2.14. The first-order valence-electron chi connectivity index (χ1n) is 6.74. The van der Waals surface area contributed by atoms with E-state index in [0.29, 0.717) is 17.4 Å². The first kappa shape index (κ1) is 13.3. The van der Waals surface area contributed by atoms with Gasteiger partial charge in [-0.25, -0.2) is 0 Å². The monoisotopic (exact) mass is 287 g/mol. The number of aromatic nitrogens is 7. The predicted molar refractivity (Wildman–Crippen MR) is 78.9 cm³/mol. The highest BCUT2D eigenvalue weighted by Gasteiger charge is 2.15. The van der Waals surface area contributed by atoms with Crippen LogP contribution in [0.3, 0.4) is 0 Å². The highest BCUT2D eigenvalue weighted by Crippen LogP contribution is 2.23. The molecule has 0 saturated carbocycles. The molecule has 0 fully saturated rings. The maximum absolute atomic E-state index is 4.49. The highest BCUT2D eigenvalue weighted by atomic mass is 15.3. The summed E-state index contributed by atoms with van der Waals surface area (Å²) in [6, 6.07) is -0.0417. The second-order valence-electron chi connectivity index (χ2n) is 4.72. The summed E-state index contributed by atoms with van der Waals surface area (Å²) in [4.78, 5) is 8.85. The summed E-state index contributed by atoms with van der Waals surface area (Å²) in [5.74, 6) is 2.09. The SMILES string of the molecule is CCNc1nc(NC(C)c2nncn2C)c2cn[nH]c2n1. The minimum Gasteiger partial charge on any atom is -0.360 e. The molecule has 0 amide bonds. The summed E-state index contributed by atoms with van der Waals surface area (Å²) >= 11 is 0. The maximum Gasteiger partial charge on any atom is 0.226 e. The van der Waals surface area contributed by atoms with E-state index in [4.69, 9.17) is 0 Å². The van der Waals surface area contributed by atoms with Gasteiger partial charge in [-0.2, -0.15) is 15.1 Å². The molecule has 0 radical (unpaired) electrons. The van der Waals surface area contributed by atoms with Crippen molar-refractivity contribution in [3.8, 4) is 0 Å². The van der Waals surface area contributed by atoms with Crippen molar-refractivity contribution in [1.82, 2.24) is 34.9 Å². The highest BCUT2D eigenvalue weighted by molar-refractivity contribution is 5.87. The van der Waals surface area contributed by atoms with Crippen molar-refractivity contribution < 1.29 is 0 Å². The first-order chi connectivity index (χ1) is 10.2. The molecule has 3 heterocycles. The summed E-state index contributed by atoms with van der Waals surface area (Å²) < 4.78 is 1.87. The minimum absolute atomic E-state index is 0.0417. The fraction of sp³-hybridized carbons (Fsp3) is 0.417. The van der Waals surface area contributed by atoms with Crippen LogP contribution in [0.2, 0.25) is 0 Å². The number of nitrogens with zero attached hydrogens (tertiary/aromatic N) is 6. The number of nitrogens with one attached hydrogen (secondary N) is 3. The topological polar surface area (TPSA) is 109 Å². The van der Waals surface area contributed by atoms with Crippen LogP contribution < -0.4 is 10.6 Å². The summed E-state index contributed by atoms with van der Waals surface area (Å²) in [5.41, 5.74) is 0.689. The van der Waals surface area contributed by atoms with Gasteiger partial charge in [-0.1, -0.05) is 0 Å². The molecule has 21 heavy (non-hydrogen) atoms. The van der Waals surface area contributed by atoms with Crippen molar-refractivity contribution in [1.29, 1.82) is 0 Å². The Morgan fingerprint density at radius 3 is 2.95 bits per heavy atom. The number of aromatic amines is 1. The molecule has 0 aliphatic rings. The van der Waals surface area contributed by atoms with E-state index in [9.17, 15) is 0 Å². The van der Waals surface area contributed by atoms with Crippen molar-refractivity contribution in [3.63, 3.8) is 0 Å². The van der Waals surface area contributed by atoms with Gasteiger partial charge in [-0.05, 0) is 13.8 Å². The Balaban J connectivity index is 1.95. The second-order valence-corrected chi connectivity index (χ2v) is 4.72. The number of fused-ring (bicyclic) bond motifs is 1. The van der Waals surface area contributed by atoms with Gasteiger partial charge in [0, 0.05) is 13.6 Å². The molecule has 3 N–H and O–H groups in total. The third-order valence-corrected chi connectivity index (χ3v) is 3.13. The van der Waals surface area contributed by atoms with Crippen LogP contribution in [0.15, 0.2) is 12.5 Å². The number of anilines is 2. The lowest BCUT2D eigenvalue weighted by molar-refractivity contribution is 0.717. The number of aryl methyl sites for hydroxylation is 1. The molecule has 9 nitrogen and oxygen atoms in total. The maximum atomic E-state index is 4.49. The fourth-order valence-electron chi connectivity index (χ4n) is 2.14. The van der Waals surface area contributed by atoms with Gasteiger partial charge in [-0.15, -0.1) is 10.2 Å². The quantitative estimate of drug-likeness (QED) is 0.644. The molecule has 3 aromatic rings.